The molecule has 0 radical (unpaired) electrons. The Hall–Kier alpha value is -1.94. The van der Waals surface area contributed by atoms with Crippen LogP contribution in [0.3, 0.4) is 0 Å². The van der Waals surface area contributed by atoms with Crippen LogP contribution in [0.4, 0.5) is 0 Å². The van der Waals surface area contributed by atoms with Crippen molar-refractivity contribution in [1.82, 2.24) is 0 Å². The summed E-state index contributed by atoms with van der Waals surface area (Å²) in [7, 11) is 0. The number of benzene rings is 2. The largest absolute Gasteiger partial charge is 0.461 e. The molecule has 262 valence electrons. The van der Waals surface area contributed by atoms with Crippen LogP contribution in [0.25, 0.3) is 0 Å². The smallest absolute Gasteiger partial charge is 0.423 e. The molecule has 2 aromatic carbocycles. The third-order valence-corrected chi connectivity index (χ3v) is 11.5. The first kappa shape index (κ1) is 38.9. The molecule has 0 N–H and O–H groups in total. The Bertz CT molecular complexity index is 1500. The Labute approximate surface area is 309 Å². The first-order valence-corrected chi connectivity index (χ1v) is 18.1. The van der Waals surface area contributed by atoms with Gasteiger partial charge in [-0.05, 0) is 49.7 Å². The molecule has 0 heterocycles. The molecule has 8 nitrogen and oxygen atoms in total. The van der Waals surface area contributed by atoms with E-state index in [1.165, 1.54) is 0 Å². The van der Waals surface area contributed by atoms with Crippen LogP contribution in [0.2, 0.25) is 30.1 Å². The van der Waals surface area contributed by atoms with Gasteiger partial charge in [-0.3, -0.25) is 0 Å². The summed E-state index contributed by atoms with van der Waals surface area (Å²) in [5, 5.41) is -1.42. The molecular formula is C34H36Cl6O8. The molecule has 0 amide bonds. The van der Waals surface area contributed by atoms with Gasteiger partial charge in [-0.2, -0.15) is 0 Å². The van der Waals surface area contributed by atoms with Crippen molar-refractivity contribution < 1.29 is 38.1 Å². The normalized spacial score (nSPS) is 22.5. The monoisotopic (exact) mass is 782 g/mol. The Balaban J connectivity index is 1.55. The zero-order valence-electron chi connectivity index (χ0n) is 26.9. The van der Waals surface area contributed by atoms with Crippen LogP contribution in [0.5, 0.6) is 11.5 Å². The molecule has 4 unspecified atom stereocenters. The molecule has 2 aromatic rings. The lowest BCUT2D eigenvalue weighted by Crippen LogP contribution is -2.28. The first-order valence-electron chi connectivity index (χ1n) is 15.8. The summed E-state index contributed by atoms with van der Waals surface area (Å²) < 4.78 is 21.7. The van der Waals surface area contributed by atoms with E-state index < -0.39 is 46.5 Å². The highest BCUT2D eigenvalue weighted by molar-refractivity contribution is 6.47. The summed E-state index contributed by atoms with van der Waals surface area (Å²) in [6, 6.07) is 2.28. The summed E-state index contributed by atoms with van der Waals surface area (Å²) in [5.41, 5.74) is -1.20. The van der Waals surface area contributed by atoms with Crippen LogP contribution in [-0.4, -0.2) is 37.1 Å². The number of hydrogen-bond donors (Lipinski definition) is 0. The van der Waals surface area contributed by atoms with Gasteiger partial charge in [0, 0.05) is 10.8 Å². The molecule has 4 atom stereocenters. The lowest BCUT2D eigenvalue weighted by molar-refractivity contribution is -0.156. The summed E-state index contributed by atoms with van der Waals surface area (Å²) in [5.74, 6) is -5.48. The van der Waals surface area contributed by atoms with Gasteiger partial charge >= 0.3 is 23.9 Å². The maximum absolute atomic E-state index is 13.3. The summed E-state index contributed by atoms with van der Waals surface area (Å²) in [6.45, 7) is 8.47. The van der Waals surface area contributed by atoms with E-state index in [-0.39, 0.29) is 54.2 Å². The predicted molar refractivity (Wildman–Crippen MR) is 186 cm³/mol. The standard InChI is InChI=1S/C34H36Cl6O8/c1-5-9-33(13-17(33)7-3)15-45-29(41)23-25(39)19(35)11-21(37)27(23)47-31(43)32(44)48-28-22(38)12-20(36)26(40)24(28)30(42)46-16-34(10-6-2)14-18(34)8-4/h11-12,17-18H,5-10,13-16H2,1-4H3. The van der Waals surface area contributed by atoms with Crippen molar-refractivity contribution >= 4 is 93.5 Å². The highest BCUT2D eigenvalue weighted by Gasteiger charge is 2.53. The van der Waals surface area contributed by atoms with E-state index in [0.717, 1.165) is 63.5 Å². The average Bonchev–Trinajstić information content (AvgIpc) is 3.94. The van der Waals surface area contributed by atoms with Gasteiger partial charge in [-0.15, -0.1) is 0 Å². The van der Waals surface area contributed by atoms with Crippen molar-refractivity contribution in [2.24, 2.45) is 22.7 Å². The molecule has 2 aliphatic carbocycles. The first-order chi connectivity index (χ1) is 22.7. The van der Waals surface area contributed by atoms with Crippen LogP contribution >= 0.6 is 69.6 Å². The fraction of sp³-hybridized carbons (Fsp3) is 0.529. The molecule has 14 heteroatoms. The molecule has 2 aliphatic rings. The van der Waals surface area contributed by atoms with Crippen LogP contribution in [-0.2, 0) is 19.1 Å². The molecule has 0 aliphatic heterocycles. The zero-order chi connectivity index (χ0) is 35.6. The summed E-state index contributed by atoms with van der Waals surface area (Å²) in [6.07, 6.45) is 7.24. The van der Waals surface area contributed by atoms with E-state index in [1.54, 1.807) is 0 Å². The van der Waals surface area contributed by atoms with Gasteiger partial charge in [-0.25, -0.2) is 19.2 Å². The number of rotatable bonds is 14. The molecular weight excluding hydrogens is 749 g/mol. The minimum absolute atomic E-state index is 0.111. The van der Waals surface area contributed by atoms with E-state index >= 15 is 0 Å². The van der Waals surface area contributed by atoms with Crippen molar-refractivity contribution in [3.8, 4) is 11.5 Å². The second kappa shape index (κ2) is 15.9. The van der Waals surface area contributed by atoms with Gasteiger partial charge in [0.05, 0.1) is 43.3 Å². The molecule has 2 fully saturated rings. The van der Waals surface area contributed by atoms with Gasteiger partial charge in [0.2, 0.25) is 0 Å². The fourth-order valence-corrected chi connectivity index (χ4v) is 8.12. The van der Waals surface area contributed by atoms with Gasteiger partial charge < -0.3 is 18.9 Å². The van der Waals surface area contributed by atoms with E-state index in [4.69, 9.17) is 88.6 Å². The second-order valence-electron chi connectivity index (χ2n) is 12.5. The van der Waals surface area contributed by atoms with Crippen molar-refractivity contribution in [3.05, 3.63) is 53.4 Å². The lowest BCUT2D eigenvalue weighted by atomic mass is 9.97. The van der Waals surface area contributed by atoms with E-state index in [1.807, 2.05) is 13.8 Å². The van der Waals surface area contributed by atoms with Crippen LogP contribution in [0.1, 0.15) is 99.8 Å². The quantitative estimate of drug-likeness (QED) is 0.0807. The number of carbonyl (C=O) groups is 4. The highest BCUT2D eigenvalue weighted by Crippen LogP contribution is 2.59. The number of carbonyl (C=O) groups excluding carboxylic acids is 4. The Kier molecular flexibility index (Phi) is 12.9. The summed E-state index contributed by atoms with van der Waals surface area (Å²) in [4.78, 5) is 52.8. The maximum atomic E-state index is 13.3. The van der Waals surface area contributed by atoms with Crippen LogP contribution in [0.15, 0.2) is 12.1 Å². The van der Waals surface area contributed by atoms with Gasteiger partial charge in [-0.1, -0.05) is 123 Å². The van der Waals surface area contributed by atoms with Gasteiger partial charge in [0.1, 0.15) is 11.1 Å². The van der Waals surface area contributed by atoms with Crippen molar-refractivity contribution in [2.75, 3.05) is 13.2 Å². The molecule has 48 heavy (non-hydrogen) atoms. The number of esters is 4. The Morgan fingerprint density at radius 2 is 0.979 bits per heavy atom. The molecule has 2 saturated carbocycles. The minimum Gasteiger partial charge on any atom is -0.461 e. The topological polar surface area (TPSA) is 105 Å². The minimum atomic E-state index is -1.63. The third kappa shape index (κ3) is 8.16. The van der Waals surface area contributed by atoms with Gasteiger partial charge in [0.25, 0.3) is 0 Å². The fourth-order valence-electron chi connectivity index (χ4n) is 6.68. The van der Waals surface area contributed by atoms with Crippen molar-refractivity contribution in [1.29, 1.82) is 0 Å². The van der Waals surface area contributed by atoms with E-state index in [9.17, 15) is 19.2 Å². The van der Waals surface area contributed by atoms with E-state index in [0.29, 0.717) is 11.8 Å². The lowest BCUT2D eigenvalue weighted by Gasteiger charge is -2.19. The Morgan fingerprint density at radius 1 is 0.625 bits per heavy atom. The van der Waals surface area contributed by atoms with Crippen LogP contribution < -0.4 is 9.47 Å². The van der Waals surface area contributed by atoms with Gasteiger partial charge in [0.15, 0.2) is 11.5 Å². The van der Waals surface area contributed by atoms with Crippen molar-refractivity contribution in [2.45, 2.75) is 79.1 Å². The van der Waals surface area contributed by atoms with E-state index in [2.05, 4.69) is 13.8 Å². The molecule has 4 rings (SSSR count). The SMILES string of the molecule is CCCC1(COC(=O)c2c(Cl)c(Cl)cc(Cl)c2OC(=O)C(=O)Oc2c(Cl)cc(Cl)c(Cl)c2C(=O)OCC2(CCC)CC2CC)CC1CC. The molecule has 0 aromatic heterocycles. The van der Waals surface area contributed by atoms with Crippen molar-refractivity contribution in [3.63, 3.8) is 0 Å². The number of ether oxygens (including phenoxy) is 4. The highest BCUT2D eigenvalue weighted by atomic mass is 35.5. The molecule has 0 spiro atoms. The predicted octanol–water partition coefficient (Wildman–Crippen LogP) is 10.9. The Morgan fingerprint density at radius 3 is 1.27 bits per heavy atom. The molecule has 0 saturated heterocycles. The van der Waals surface area contributed by atoms with Crippen LogP contribution in [0, 0.1) is 22.7 Å². The third-order valence-electron chi connectivity index (χ3n) is 9.40. The zero-order valence-corrected chi connectivity index (χ0v) is 31.4. The second-order valence-corrected chi connectivity index (χ2v) is 14.9. The number of halogens is 6. The maximum Gasteiger partial charge on any atom is 0.423 e. The number of hydrogen-bond acceptors (Lipinski definition) is 8. The molecule has 0 bridgehead atoms. The summed E-state index contributed by atoms with van der Waals surface area (Å²) >= 11 is 37.7. The average molecular weight is 785 g/mol.